The van der Waals surface area contributed by atoms with Crippen LogP contribution in [-0.2, 0) is 18.3 Å². The molecule has 0 saturated heterocycles. The fourth-order valence-electron chi connectivity index (χ4n) is 1.90. The van der Waals surface area contributed by atoms with Gasteiger partial charge in [-0.25, -0.2) is 4.98 Å². The number of aromatic nitrogens is 3. The summed E-state index contributed by atoms with van der Waals surface area (Å²) >= 11 is 0. The number of aliphatic hydroxyl groups is 1. The topological polar surface area (TPSA) is 87.8 Å². The van der Waals surface area contributed by atoms with E-state index in [0.29, 0.717) is 32.2 Å². The second kappa shape index (κ2) is 12.4. The molecule has 0 bridgehead atoms. The SMILES string of the molecule is CCNC(=NCC(O)COCC(C)C)N(C)Cc1ncnn1C.I. The van der Waals surface area contributed by atoms with E-state index in [0.717, 1.165) is 18.3 Å². The highest BCUT2D eigenvalue weighted by molar-refractivity contribution is 14.0. The lowest BCUT2D eigenvalue weighted by atomic mass is 10.2. The number of halogens is 1. The average molecular weight is 454 g/mol. The van der Waals surface area contributed by atoms with Gasteiger partial charge in [-0.1, -0.05) is 13.8 Å². The molecule has 0 spiro atoms. The summed E-state index contributed by atoms with van der Waals surface area (Å²) < 4.78 is 7.17. The Labute approximate surface area is 161 Å². The van der Waals surface area contributed by atoms with Gasteiger partial charge >= 0.3 is 0 Å². The van der Waals surface area contributed by atoms with Crippen LogP contribution in [0.25, 0.3) is 0 Å². The van der Waals surface area contributed by atoms with Gasteiger partial charge in [0.1, 0.15) is 12.2 Å². The summed E-state index contributed by atoms with van der Waals surface area (Å²) in [7, 11) is 3.79. The molecule has 1 atom stereocenters. The van der Waals surface area contributed by atoms with Crippen molar-refractivity contribution < 1.29 is 9.84 Å². The van der Waals surface area contributed by atoms with Crippen LogP contribution in [-0.4, -0.2) is 70.2 Å². The van der Waals surface area contributed by atoms with Gasteiger partial charge < -0.3 is 20.1 Å². The van der Waals surface area contributed by atoms with Gasteiger partial charge in [0.2, 0.25) is 0 Å². The predicted octanol–water partition coefficient (Wildman–Crippen LogP) is 0.864. The number of guanidine groups is 1. The standard InChI is InChI=1S/C15H30N6O2.HI/c1-6-16-15(17-7-13(22)10-23-9-12(2)3)20(4)8-14-18-11-19-21(14)5;/h11-13,22H,6-10H2,1-5H3,(H,16,17);1H. The number of hydrogen-bond donors (Lipinski definition) is 2. The summed E-state index contributed by atoms with van der Waals surface area (Å²) in [4.78, 5) is 10.6. The zero-order chi connectivity index (χ0) is 17.2. The van der Waals surface area contributed by atoms with E-state index in [2.05, 4.69) is 34.2 Å². The van der Waals surface area contributed by atoms with E-state index >= 15 is 0 Å². The van der Waals surface area contributed by atoms with Gasteiger partial charge in [0, 0.05) is 27.2 Å². The molecule has 0 radical (unpaired) electrons. The van der Waals surface area contributed by atoms with Crippen molar-refractivity contribution in [2.45, 2.75) is 33.4 Å². The van der Waals surface area contributed by atoms with Gasteiger partial charge in [-0.15, -0.1) is 24.0 Å². The molecule has 8 nitrogen and oxygen atoms in total. The third-order valence-corrected chi connectivity index (χ3v) is 3.09. The first-order valence-corrected chi connectivity index (χ1v) is 8.02. The molecule has 1 aromatic heterocycles. The Morgan fingerprint density at radius 2 is 2.17 bits per heavy atom. The zero-order valence-corrected chi connectivity index (χ0v) is 17.6. The molecule has 2 N–H and O–H groups in total. The lowest BCUT2D eigenvalue weighted by molar-refractivity contribution is 0.0300. The number of hydrogen-bond acceptors (Lipinski definition) is 5. The van der Waals surface area contributed by atoms with Crippen molar-refractivity contribution in [3.63, 3.8) is 0 Å². The molecule has 0 amide bonds. The van der Waals surface area contributed by atoms with E-state index in [-0.39, 0.29) is 24.0 Å². The van der Waals surface area contributed by atoms with Crippen molar-refractivity contribution in [2.24, 2.45) is 18.0 Å². The number of rotatable bonds is 9. The summed E-state index contributed by atoms with van der Waals surface area (Å²) in [6.45, 7) is 8.74. The molecule has 0 fully saturated rings. The number of aryl methyl sites for hydroxylation is 1. The fraction of sp³-hybridized carbons (Fsp3) is 0.800. The van der Waals surface area contributed by atoms with E-state index in [1.807, 2.05) is 25.9 Å². The second-order valence-corrected chi connectivity index (χ2v) is 5.94. The molecule has 140 valence electrons. The molecular weight excluding hydrogens is 423 g/mol. The van der Waals surface area contributed by atoms with Crippen LogP contribution in [0.4, 0.5) is 0 Å². The Morgan fingerprint density at radius 1 is 1.46 bits per heavy atom. The molecule has 1 aromatic rings. The molecule has 1 heterocycles. The fourth-order valence-corrected chi connectivity index (χ4v) is 1.90. The Morgan fingerprint density at radius 3 is 2.71 bits per heavy atom. The highest BCUT2D eigenvalue weighted by Crippen LogP contribution is 1.99. The molecule has 0 aliphatic carbocycles. The minimum atomic E-state index is -0.606. The maximum Gasteiger partial charge on any atom is 0.194 e. The van der Waals surface area contributed by atoms with Crippen LogP contribution in [0, 0.1) is 5.92 Å². The Balaban J connectivity index is 0.00000529. The molecule has 0 aliphatic rings. The van der Waals surface area contributed by atoms with Gasteiger partial charge in [0.25, 0.3) is 0 Å². The second-order valence-electron chi connectivity index (χ2n) is 5.94. The monoisotopic (exact) mass is 454 g/mol. The number of nitrogens with one attached hydrogen (secondary N) is 1. The van der Waals surface area contributed by atoms with Crippen molar-refractivity contribution in [1.29, 1.82) is 0 Å². The highest BCUT2D eigenvalue weighted by atomic mass is 127. The Hall–Kier alpha value is -0.940. The van der Waals surface area contributed by atoms with Gasteiger partial charge in [0.05, 0.1) is 25.8 Å². The van der Waals surface area contributed by atoms with Crippen molar-refractivity contribution in [2.75, 3.05) is 33.4 Å². The van der Waals surface area contributed by atoms with E-state index < -0.39 is 6.10 Å². The van der Waals surface area contributed by atoms with Crippen LogP contribution in [0.1, 0.15) is 26.6 Å². The predicted molar refractivity (Wildman–Crippen MR) is 106 cm³/mol. The third-order valence-electron chi connectivity index (χ3n) is 3.09. The molecule has 9 heteroatoms. The summed E-state index contributed by atoms with van der Waals surface area (Å²) in [5.41, 5.74) is 0. The smallest absolute Gasteiger partial charge is 0.194 e. The van der Waals surface area contributed by atoms with Crippen LogP contribution >= 0.6 is 24.0 Å². The summed E-state index contributed by atoms with van der Waals surface area (Å²) in [6, 6.07) is 0. The van der Waals surface area contributed by atoms with Crippen LogP contribution in [0.15, 0.2) is 11.3 Å². The molecular formula is C15H31IN6O2. The number of ether oxygens (including phenoxy) is 1. The van der Waals surface area contributed by atoms with Crippen molar-refractivity contribution >= 4 is 29.9 Å². The minimum absolute atomic E-state index is 0. The van der Waals surface area contributed by atoms with E-state index in [9.17, 15) is 5.11 Å². The van der Waals surface area contributed by atoms with Crippen LogP contribution in [0.5, 0.6) is 0 Å². The van der Waals surface area contributed by atoms with Gasteiger partial charge in [-0.3, -0.25) is 9.67 Å². The van der Waals surface area contributed by atoms with Crippen molar-refractivity contribution in [3.8, 4) is 0 Å². The normalized spacial score (nSPS) is 12.9. The van der Waals surface area contributed by atoms with Gasteiger partial charge in [-0.05, 0) is 12.8 Å². The maximum absolute atomic E-state index is 9.96. The first kappa shape index (κ1) is 23.1. The highest BCUT2D eigenvalue weighted by Gasteiger charge is 2.11. The Kier molecular flexibility index (Phi) is 11.9. The molecule has 0 aliphatic heterocycles. The molecule has 24 heavy (non-hydrogen) atoms. The number of aliphatic hydroxyl groups excluding tert-OH is 1. The minimum Gasteiger partial charge on any atom is -0.389 e. The molecule has 0 saturated carbocycles. The quantitative estimate of drug-likeness (QED) is 0.327. The van der Waals surface area contributed by atoms with Crippen LogP contribution in [0.2, 0.25) is 0 Å². The van der Waals surface area contributed by atoms with Gasteiger partial charge in [0.15, 0.2) is 5.96 Å². The van der Waals surface area contributed by atoms with Crippen molar-refractivity contribution in [1.82, 2.24) is 25.0 Å². The summed E-state index contributed by atoms with van der Waals surface area (Å²) in [5.74, 6) is 2.03. The Bertz CT molecular complexity index is 480. The van der Waals surface area contributed by atoms with Crippen LogP contribution < -0.4 is 5.32 Å². The van der Waals surface area contributed by atoms with Gasteiger partial charge in [-0.2, -0.15) is 5.10 Å². The first-order valence-electron chi connectivity index (χ1n) is 8.02. The number of nitrogens with zero attached hydrogens (tertiary/aromatic N) is 5. The lowest BCUT2D eigenvalue weighted by Crippen LogP contribution is -2.39. The molecule has 0 aromatic carbocycles. The van der Waals surface area contributed by atoms with Crippen molar-refractivity contribution in [3.05, 3.63) is 12.2 Å². The zero-order valence-electron chi connectivity index (χ0n) is 15.3. The summed E-state index contributed by atoms with van der Waals surface area (Å²) in [5, 5.41) is 17.2. The molecule has 1 rings (SSSR count). The van der Waals surface area contributed by atoms with E-state index in [1.165, 1.54) is 6.33 Å². The number of aliphatic imine (C=N–C) groups is 1. The largest absolute Gasteiger partial charge is 0.389 e. The summed E-state index contributed by atoms with van der Waals surface area (Å²) in [6.07, 6.45) is 0.925. The lowest BCUT2D eigenvalue weighted by Gasteiger charge is -2.22. The average Bonchev–Trinajstić information content (AvgIpc) is 2.88. The third kappa shape index (κ3) is 8.78. The van der Waals surface area contributed by atoms with Crippen LogP contribution in [0.3, 0.4) is 0 Å². The molecule has 1 unspecified atom stereocenters. The van der Waals surface area contributed by atoms with E-state index in [4.69, 9.17) is 4.74 Å². The first-order chi connectivity index (χ1) is 10.9. The van der Waals surface area contributed by atoms with E-state index in [1.54, 1.807) is 4.68 Å². The maximum atomic E-state index is 9.96.